The van der Waals surface area contributed by atoms with Crippen molar-refractivity contribution < 1.29 is 31.8 Å². The first-order valence-corrected chi connectivity index (χ1v) is 9.49. The fraction of sp³-hybridized carbons (Fsp3) is 0.381. The summed E-state index contributed by atoms with van der Waals surface area (Å²) >= 11 is 0. The largest absolute Gasteiger partial charge is 0.495 e. The molecule has 160 valence electrons. The molecule has 1 N–H and O–H groups in total. The van der Waals surface area contributed by atoms with Crippen LogP contribution in [0.5, 0.6) is 5.75 Å². The number of hydrogen-bond acceptors (Lipinski definition) is 4. The predicted octanol–water partition coefficient (Wildman–Crippen LogP) is 3.61. The van der Waals surface area contributed by atoms with Crippen LogP contribution in [0.15, 0.2) is 36.4 Å². The van der Waals surface area contributed by atoms with Crippen LogP contribution in [0, 0.1) is 5.82 Å². The molecule has 9 heteroatoms. The third kappa shape index (κ3) is 3.75. The van der Waals surface area contributed by atoms with Crippen molar-refractivity contribution in [1.29, 1.82) is 0 Å². The highest BCUT2D eigenvalue weighted by molar-refractivity contribution is 5.97. The Bertz CT molecular complexity index is 964. The lowest BCUT2D eigenvalue weighted by Crippen LogP contribution is -2.61. The van der Waals surface area contributed by atoms with E-state index < -0.39 is 17.6 Å². The number of rotatable bonds is 3. The number of halogens is 4. The molecule has 2 aromatic carbocycles. The van der Waals surface area contributed by atoms with Crippen LogP contribution in [0.1, 0.15) is 12.0 Å². The number of amides is 1. The molecule has 4 rings (SSSR count). The van der Waals surface area contributed by atoms with Gasteiger partial charge in [-0.2, -0.15) is 13.2 Å². The Morgan fingerprint density at radius 3 is 2.77 bits per heavy atom. The van der Waals surface area contributed by atoms with E-state index in [1.165, 1.54) is 30.2 Å². The summed E-state index contributed by atoms with van der Waals surface area (Å²) in [4.78, 5) is 14.1. The van der Waals surface area contributed by atoms with E-state index in [4.69, 9.17) is 9.47 Å². The van der Waals surface area contributed by atoms with Crippen molar-refractivity contribution in [3.63, 3.8) is 0 Å². The SMILES string of the molecule is COc1cc(-c2cccc(C(F)(F)F)c2)c(F)cc1N1C(=O)CO[C@H]2CNCC[C@@H]21. The fourth-order valence-corrected chi connectivity index (χ4v) is 4.01. The van der Waals surface area contributed by atoms with Crippen molar-refractivity contribution in [3.05, 3.63) is 47.8 Å². The van der Waals surface area contributed by atoms with E-state index in [0.29, 0.717) is 19.5 Å². The van der Waals surface area contributed by atoms with Crippen LogP contribution in [0.25, 0.3) is 11.1 Å². The van der Waals surface area contributed by atoms with Crippen molar-refractivity contribution in [2.75, 3.05) is 31.7 Å². The minimum atomic E-state index is -4.54. The van der Waals surface area contributed by atoms with Crippen LogP contribution in [0.4, 0.5) is 23.2 Å². The van der Waals surface area contributed by atoms with E-state index in [1.54, 1.807) is 0 Å². The van der Waals surface area contributed by atoms with E-state index in [9.17, 15) is 18.0 Å². The zero-order valence-electron chi connectivity index (χ0n) is 16.1. The molecule has 2 fully saturated rings. The Balaban J connectivity index is 1.77. The number of benzene rings is 2. The number of alkyl halides is 3. The molecule has 0 radical (unpaired) electrons. The Morgan fingerprint density at radius 2 is 2.03 bits per heavy atom. The number of fused-ring (bicyclic) bond motifs is 1. The minimum absolute atomic E-state index is 0.0377. The second-order valence-corrected chi connectivity index (χ2v) is 7.26. The zero-order chi connectivity index (χ0) is 21.5. The predicted molar refractivity (Wildman–Crippen MR) is 102 cm³/mol. The molecule has 5 nitrogen and oxygen atoms in total. The smallest absolute Gasteiger partial charge is 0.416 e. The van der Waals surface area contributed by atoms with Gasteiger partial charge in [0.25, 0.3) is 5.91 Å². The van der Waals surface area contributed by atoms with Crippen molar-refractivity contribution >= 4 is 11.6 Å². The molecule has 0 saturated carbocycles. The lowest BCUT2D eigenvalue weighted by Gasteiger charge is -2.44. The highest BCUT2D eigenvalue weighted by Gasteiger charge is 2.40. The van der Waals surface area contributed by atoms with Crippen molar-refractivity contribution in [3.8, 4) is 16.9 Å². The van der Waals surface area contributed by atoms with E-state index >= 15 is 4.39 Å². The number of hydrogen-bond donors (Lipinski definition) is 1. The summed E-state index contributed by atoms with van der Waals surface area (Å²) in [5.74, 6) is -0.853. The molecule has 2 saturated heterocycles. The molecule has 30 heavy (non-hydrogen) atoms. The molecule has 2 heterocycles. The summed E-state index contributed by atoms with van der Waals surface area (Å²) in [7, 11) is 1.37. The first kappa shape index (κ1) is 20.6. The van der Waals surface area contributed by atoms with Gasteiger partial charge in [-0.3, -0.25) is 4.79 Å². The second kappa shape index (κ2) is 7.88. The van der Waals surface area contributed by atoms with Crippen molar-refractivity contribution in [2.24, 2.45) is 0 Å². The quantitative estimate of drug-likeness (QED) is 0.765. The van der Waals surface area contributed by atoms with Gasteiger partial charge in [0, 0.05) is 18.2 Å². The normalized spacial score (nSPS) is 22.0. The third-order valence-corrected chi connectivity index (χ3v) is 5.44. The van der Waals surface area contributed by atoms with Gasteiger partial charge in [0.2, 0.25) is 0 Å². The highest BCUT2D eigenvalue weighted by atomic mass is 19.4. The number of nitrogens with one attached hydrogen (secondary N) is 1. The molecule has 2 aliphatic heterocycles. The van der Waals surface area contributed by atoms with Crippen LogP contribution in [-0.4, -0.2) is 44.9 Å². The summed E-state index contributed by atoms with van der Waals surface area (Å²) in [5.41, 5.74) is -0.594. The first-order chi connectivity index (χ1) is 14.3. The molecule has 0 aliphatic carbocycles. The number of morpholine rings is 1. The molecule has 2 aliphatic rings. The number of methoxy groups -OCH3 is 1. The summed E-state index contributed by atoms with van der Waals surface area (Å²) in [5, 5.41) is 3.20. The molecule has 0 bridgehead atoms. The number of ether oxygens (including phenoxy) is 2. The van der Waals surface area contributed by atoms with E-state index in [0.717, 1.165) is 18.2 Å². The van der Waals surface area contributed by atoms with Gasteiger partial charge in [-0.05, 0) is 36.7 Å². The molecule has 0 unspecified atom stereocenters. The molecule has 2 atom stereocenters. The first-order valence-electron chi connectivity index (χ1n) is 9.49. The molecular formula is C21H20F4N2O3. The monoisotopic (exact) mass is 424 g/mol. The third-order valence-electron chi connectivity index (χ3n) is 5.44. The van der Waals surface area contributed by atoms with Crippen LogP contribution in [0.3, 0.4) is 0 Å². The summed E-state index contributed by atoms with van der Waals surface area (Å²) in [6.45, 7) is 1.12. The van der Waals surface area contributed by atoms with Crippen LogP contribution in [0.2, 0.25) is 0 Å². The van der Waals surface area contributed by atoms with Crippen LogP contribution >= 0.6 is 0 Å². The number of anilines is 1. The van der Waals surface area contributed by atoms with Crippen molar-refractivity contribution in [1.82, 2.24) is 5.32 Å². The molecule has 2 aromatic rings. The Morgan fingerprint density at radius 1 is 1.23 bits per heavy atom. The maximum Gasteiger partial charge on any atom is 0.416 e. The van der Waals surface area contributed by atoms with E-state index in [1.807, 2.05) is 0 Å². The topological polar surface area (TPSA) is 50.8 Å². The van der Waals surface area contributed by atoms with Gasteiger partial charge in [0.1, 0.15) is 18.2 Å². The van der Waals surface area contributed by atoms with Gasteiger partial charge in [0.15, 0.2) is 0 Å². The second-order valence-electron chi connectivity index (χ2n) is 7.26. The van der Waals surface area contributed by atoms with Gasteiger partial charge in [-0.1, -0.05) is 12.1 Å². The average Bonchev–Trinajstić information content (AvgIpc) is 2.73. The van der Waals surface area contributed by atoms with Gasteiger partial charge < -0.3 is 19.7 Å². The Hall–Kier alpha value is -2.65. The summed E-state index contributed by atoms with van der Waals surface area (Å²) in [6, 6.07) is 6.64. The van der Waals surface area contributed by atoms with Gasteiger partial charge in [-0.25, -0.2) is 4.39 Å². The number of carbonyl (C=O) groups excluding carboxylic acids is 1. The van der Waals surface area contributed by atoms with Gasteiger partial charge in [0.05, 0.1) is 30.5 Å². The molecule has 1 amide bonds. The minimum Gasteiger partial charge on any atom is -0.495 e. The summed E-state index contributed by atoms with van der Waals surface area (Å²) < 4.78 is 65.2. The lowest BCUT2D eigenvalue weighted by atomic mass is 9.97. The Labute approximate surface area is 170 Å². The van der Waals surface area contributed by atoms with Crippen LogP contribution < -0.4 is 15.0 Å². The van der Waals surface area contributed by atoms with Crippen molar-refractivity contribution in [2.45, 2.75) is 24.7 Å². The van der Waals surface area contributed by atoms with E-state index in [2.05, 4.69) is 5.32 Å². The number of carbonyl (C=O) groups is 1. The fourth-order valence-electron chi connectivity index (χ4n) is 4.01. The summed E-state index contributed by atoms with van der Waals surface area (Å²) in [6.07, 6.45) is -4.15. The Kier molecular flexibility index (Phi) is 5.42. The highest BCUT2D eigenvalue weighted by Crippen LogP contribution is 2.40. The van der Waals surface area contributed by atoms with Gasteiger partial charge in [-0.15, -0.1) is 0 Å². The number of piperidine rings is 1. The zero-order valence-corrected chi connectivity index (χ0v) is 16.1. The molecular weight excluding hydrogens is 404 g/mol. The molecule has 0 spiro atoms. The number of nitrogens with zero attached hydrogens (tertiary/aromatic N) is 1. The standard InChI is InChI=1S/C21H20F4N2O3/c1-29-18-8-14(12-3-2-4-13(7-12)21(23,24)25)15(22)9-17(18)27-16-5-6-26-10-19(16)30-11-20(27)28/h2-4,7-9,16,19,26H,5-6,10-11H2,1H3/t16-,19-/m0/s1. The maximum absolute atomic E-state index is 15.1. The van der Waals surface area contributed by atoms with Gasteiger partial charge >= 0.3 is 6.18 Å². The van der Waals surface area contributed by atoms with E-state index in [-0.39, 0.29) is 47.2 Å². The van der Waals surface area contributed by atoms with Crippen LogP contribution in [-0.2, 0) is 15.7 Å². The lowest BCUT2D eigenvalue weighted by molar-refractivity contribution is -0.137. The average molecular weight is 424 g/mol. The maximum atomic E-state index is 15.1. The molecule has 0 aromatic heterocycles.